The Kier molecular flexibility index (Phi) is 7.01. The Labute approximate surface area is 175 Å². The number of pyridine rings is 1. The van der Waals surface area contributed by atoms with Gasteiger partial charge < -0.3 is 15.0 Å². The number of terminal acetylenes is 1. The lowest BCUT2D eigenvalue weighted by Crippen LogP contribution is -2.39. The maximum Gasteiger partial charge on any atom is 0.318 e. The van der Waals surface area contributed by atoms with Crippen molar-refractivity contribution in [3.8, 4) is 23.8 Å². The molecule has 2 amide bonds. The van der Waals surface area contributed by atoms with Crippen molar-refractivity contribution in [1.29, 1.82) is 0 Å². The molecule has 0 spiro atoms. The van der Waals surface area contributed by atoms with Gasteiger partial charge in [-0.15, -0.1) is 6.42 Å². The summed E-state index contributed by atoms with van der Waals surface area (Å²) in [7, 11) is 0. The van der Waals surface area contributed by atoms with Crippen molar-refractivity contribution in [3.63, 3.8) is 0 Å². The van der Waals surface area contributed by atoms with Gasteiger partial charge in [0.05, 0.1) is 12.7 Å². The van der Waals surface area contributed by atoms with Crippen LogP contribution in [0.3, 0.4) is 0 Å². The third kappa shape index (κ3) is 5.82. The second kappa shape index (κ2) is 10.1. The van der Waals surface area contributed by atoms with Gasteiger partial charge in [-0.1, -0.05) is 41.8 Å². The second-order valence-corrected chi connectivity index (χ2v) is 6.76. The molecule has 0 aliphatic heterocycles. The molecule has 0 bridgehead atoms. The number of nitrogens with zero attached hydrogens (tertiary/aromatic N) is 2. The van der Waals surface area contributed by atoms with Crippen LogP contribution in [0.15, 0.2) is 67.0 Å². The molecule has 0 saturated carbocycles. The van der Waals surface area contributed by atoms with Crippen LogP contribution in [0, 0.1) is 25.1 Å². The van der Waals surface area contributed by atoms with Crippen LogP contribution in [-0.2, 0) is 13.1 Å². The highest BCUT2D eigenvalue weighted by molar-refractivity contribution is 5.74. The van der Waals surface area contributed by atoms with Crippen LogP contribution in [0.1, 0.15) is 16.7 Å². The number of hydrogen-bond donors (Lipinski definition) is 1. The number of rotatable bonds is 7. The lowest BCUT2D eigenvalue weighted by Gasteiger charge is -2.21. The summed E-state index contributed by atoms with van der Waals surface area (Å²) in [5.74, 6) is 2.51. The lowest BCUT2D eigenvalue weighted by molar-refractivity contribution is 0.201. The summed E-state index contributed by atoms with van der Waals surface area (Å²) in [4.78, 5) is 18.0. The van der Waals surface area contributed by atoms with Gasteiger partial charge in [-0.3, -0.25) is 4.98 Å². The number of urea groups is 1. The lowest BCUT2D eigenvalue weighted by atomic mass is 10.1. The quantitative estimate of drug-likeness (QED) is 0.584. The van der Waals surface area contributed by atoms with E-state index < -0.39 is 5.82 Å². The highest BCUT2D eigenvalue weighted by atomic mass is 19.1. The molecule has 1 heterocycles. The summed E-state index contributed by atoms with van der Waals surface area (Å²) in [5, 5.41) is 2.79. The fourth-order valence-corrected chi connectivity index (χ4v) is 2.78. The average molecular weight is 403 g/mol. The van der Waals surface area contributed by atoms with E-state index in [2.05, 4.69) is 16.2 Å². The van der Waals surface area contributed by atoms with E-state index in [1.807, 2.05) is 31.2 Å². The zero-order valence-corrected chi connectivity index (χ0v) is 16.6. The molecule has 1 N–H and O–H groups in total. The van der Waals surface area contributed by atoms with Gasteiger partial charge in [0.15, 0.2) is 11.6 Å². The molecule has 0 fully saturated rings. The molecule has 6 heteroatoms. The first-order chi connectivity index (χ1) is 14.5. The van der Waals surface area contributed by atoms with Gasteiger partial charge in [-0.2, -0.15) is 0 Å². The van der Waals surface area contributed by atoms with Crippen molar-refractivity contribution in [3.05, 3.63) is 89.5 Å². The van der Waals surface area contributed by atoms with Crippen LogP contribution < -0.4 is 10.1 Å². The topological polar surface area (TPSA) is 54.5 Å². The normalized spacial score (nSPS) is 10.2. The van der Waals surface area contributed by atoms with Crippen molar-refractivity contribution in [2.75, 3.05) is 6.54 Å². The molecule has 3 rings (SSSR count). The van der Waals surface area contributed by atoms with Gasteiger partial charge >= 0.3 is 6.03 Å². The summed E-state index contributed by atoms with van der Waals surface area (Å²) in [5.41, 5.74) is 2.73. The van der Waals surface area contributed by atoms with E-state index in [9.17, 15) is 9.18 Å². The van der Waals surface area contributed by atoms with E-state index in [1.165, 1.54) is 23.2 Å². The molecule has 2 aromatic carbocycles. The van der Waals surface area contributed by atoms with Crippen LogP contribution in [0.25, 0.3) is 0 Å². The molecule has 5 nitrogen and oxygen atoms in total. The Morgan fingerprint density at radius 2 is 1.97 bits per heavy atom. The van der Waals surface area contributed by atoms with Gasteiger partial charge in [0.2, 0.25) is 0 Å². The predicted octanol–water partition coefficient (Wildman–Crippen LogP) is 4.67. The van der Waals surface area contributed by atoms with E-state index in [4.69, 9.17) is 11.2 Å². The zero-order valence-electron chi connectivity index (χ0n) is 16.6. The number of halogens is 1. The first-order valence-electron chi connectivity index (χ1n) is 9.43. The molecule has 0 aliphatic carbocycles. The standard InChI is InChI=1S/C24H22FN3O2/c1-3-13-28(17-19-8-6-18(2)7-9-19)24(29)27-15-20-10-11-23(22(25)14-20)30-21-5-4-12-26-16-21/h1,4-12,14,16H,13,15,17H2,2H3,(H,27,29). The predicted molar refractivity (Wildman–Crippen MR) is 113 cm³/mol. The van der Waals surface area contributed by atoms with Gasteiger partial charge in [-0.25, -0.2) is 9.18 Å². The molecule has 0 aliphatic rings. The fraction of sp³-hybridized carbons (Fsp3) is 0.167. The molecule has 1 aromatic heterocycles. The van der Waals surface area contributed by atoms with Crippen molar-refractivity contribution >= 4 is 6.03 Å². The number of amides is 2. The monoisotopic (exact) mass is 403 g/mol. The smallest absolute Gasteiger partial charge is 0.318 e. The fourth-order valence-electron chi connectivity index (χ4n) is 2.78. The molecule has 0 radical (unpaired) electrons. The van der Waals surface area contributed by atoms with Crippen LogP contribution in [0.5, 0.6) is 11.5 Å². The van der Waals surface area contributed by atoms with Crippen molar-refractivity contribution in [2.45, 2.75) is 20.0 Å². The number of aromatic nitrogens is 1. The van der Waals surface area contributed by atoms with Gasteiger partial charge in [0.1, 0.15) is 5.75 Å². The third-order valence-electron chi connectivity index (χ3n) is 4.37. The molecule has 0 atom stereocenters. The highest BCUT2D eigenvalue weighted by Gasteiger charge is 2.13. The third-order valence-corrected chi connectivity index (χ3v) is 4.37. The number of aryl methyl sites for hydroxylation is 1. The van der Waals surface area contributed by atoms with Crippen LogP contribution in [0.2, 0.25) is 0 Å². The Morgan fingerprint density at radius 1 is 1.20 bits per heavy atom. The average Bonchev–Trinajstić information content (AvgIpc) is 2.75. The first kappa shape index (κ1) is 20.9. The summed E-state index contributed by atoms with van der Waals surface area (Å²) < 4.78 is 19.8. The Bertz CT molecular complexity index is 1030. The van der Waals surface area contributed by atoms with Crippen LogP contribution in [0.4, 0.5) is 9.18 Å². The van der Waals surface area contributed by atoms with E-state index in [-0.39, 0.29) is 24.9 Å². The maximum atomic E-state index is 14.4. The van der Waals surface area contributed by atoms with E-state index in [0.29, 0.717) is 17.9 Å². The summed E-state index contributed by atoms with van der Waals surface area (Å²) in [6.45, 7) is 2.73. The SMILES string of the molecule is C#CCN(Cc1ccc(C)cc1)C(=O)NCc1ccc(Oc2cccnc2)c(F)c1. The van der Waals surface area contributed by atoms with Gasteiger partial charge in [0.25, 0.3) is 0 Å². The summed E-state index contributed by atoms with van der Waals surface area (Å²) in [6, 6.07) is 15.5. The van der Waals surface area contributed by atoms with Crippen LogP contribution >= 0.6 is 0 Å². The number of nitrogens with one attached hydrogen (secondary N) is 1. The minimum atomic E-state index is -0.522. The van der Waals surface area contributed by atoms with Crippen molar-refractivity contribution in [2.24, 2.45) is 0 Å². The molecule has 30 heavy (non-hydrogen) atoms. The zero-order chi connectivity index (χ0) is 21.3. The number of benzene rings is 2. The van der Waals surface area contributed by atoms with Crippen molar-refractivity contribution in [1.82, 2.24) is 15.2 Å². The Balaban J connectivity index is 1.60. The first-order valence-corrected chi connectivity index (χ1v) is 9.43. The maximum absolute atomic E-state index is 14.4. The molecular weight excluding hydrogens is 381 g/mol. The number of hydrogen-bond acceptors (Lipinski definition) is 3. The summed E-state index contributed by atoms with van der Waals surface area (Å²) in [6.07, 6.45) is 8.52. The van der Waals surface area contributed by atoms with Gasteiger partial charge in [0, 0.05) is 19.3 Å². The van der Waals surface area contributed by atoms with E-state index >= 15 is 0 Å². The molecule has 0 unspecified atom stereocenters. The summed E-state index contributed by atoms with van der Waals surface area (Å²) >= 11 is 0. The molecule has 3 aromatic rings. The Hall–Kier alpha value is -3.85. The van der Waals surface area contributed by atoms with E-state index in [0.717, 1.165) is 11.1 Å². The van der Waals surface area contributed by atoms with Gasteiger partial charge in [-0.05, 0) is 42.3 Å². The number of ether oxygens (including phenoxy) is 1. The number of carbonyl (C=O) groups excluding carboxylic acids is 1. The minimum absolute atomic E-state index is 0.0893. The van der Waals surface area contributed by atoms with E-state index in [1.54, 1.807) is 24.4 Å². The number of carbonyl (C=O) groups is 1. The largest absolute Gasteiger partial charge is 0.453 e. The molecule has 152 valence electrons. The highest BCUT2D eigenvalue weighted by Crippen LogP contribution is 2.24. The Morgan fingerprint density at radius 3 is 2.63 bits per heavy atom. The van der Waals surface area contributed by atoms with Crippen molar-refractivity contribution < 1.29 is 13.9 Å². The molecular formula is C24H22FN3O2. The second-order valence-electron chi connectivity index (χ2n) is 6.76. The molecule has 0 saturated heterocycles. The van der Waals surface area contributed by atoms with Crippen LogP contribution in [-0.4, -0.2) is 22.5 Å². The minimum Gasteiger partial charge on any atom is -0.453 e.